The van der Waals surface area contributed by atoms with Crippen LogP contribution in [-0.4, -0.2) is 4.98 Å². The smallest absolute Gasteiger partial charge is 0.0147 e. The Bertz CT molecular complexity index is 248. The van der Waals surface area contributed by atoms with Crippen molar-refractivity contribution in [2.45, 2.75) is 57.8 Å². The third-order valence-corrected chi connectivity index (χ3v) is 3.02. The molecule has 0 atom stereocenters. The van der Waals surface area contributed by atoms with Gasteiger partial charge < -0.3 is 4.98 Å². The second-order valence-electron chi connectivity index (χ2n) is 4.50. The van der Waals surface area contributed by atoms with E-state index in [1.807, 2.05) is 12.3 Å². The first-order valence-corrected chi connectivity index (χ1v) is 6.66. The largest absolute Gasteiger partial charge is 0.365 e. The first-order valence-electron chi connectivity index (χ1n) is 6.66. The predicted octanol–water partition coefficient (Wildman–Crippen LogP) is 4.86. The van der Waals surface area contributed by atoms with Crippen molar-refractivity contribution in [3.05, 3.63) is 36.7 Å². The summed E-state index contributed by atoms with van der Waals surface area (Å²) in [7, 11) is 0. The lowest BCUT2D eigenvalue weighted by molar-refractivity contribution is 0.580. The van der Waals surface area contributed by atoms with Crippen molar-refractivity contribution in [3.8, 4) is 0 Å². The molecule has 0 bridgehead atoms. The summed E-state index contributed by atoms with van der Waals surface area (Å²) in [4.78, 5) is 3.25. The molecule has 0 unspecified atom stereocenters. The third-order valence-electron chi connectivity index (χ3n) is 3.02. The zero-order valence-corrected chi connectivity index (χ0v) is 10.4. The van der Waals surface area contributed by atoms with Crippen molar-refractivity contribution in [1.29, 1.82) is 0 Å². The second kappa shape index (κ2) is 9.26. The van der Waals surface area contributed by atoms with Gasteiger partial charge in [0.2, 0.25) is 0 Å². The van der Waals surface area contributed by atoms with Gasteiger partial charge in [0.25, 0.3) is 0 Å². The topological polar surface area (TPSA) is 15.8 Å². The van der Waals surface area contributed by atoms with Gasteiger partial charge in [-0.25, -0.2) is 0 Å². The van der Waals surface area contributed by atoms with Crippen LogP contribution in [0.4, 0.5) is 0 Å². The Hall–Kier alpha value is -0.980. The van der Waals surface area contributed by atoms with E-state index in [0.717, 1.165) is 0 Å². The summed E-state index contributed by atoms with van der Waals surface area (Å²) in [6, 6.07) is 4.25. The van der Waals surface area contributed by atoms with Gasteiger partial charge in [0.1, 0.15) is 0 Å². The lowest BCUT2D eigenvalue weighted by Crippen LogP contribution is -1.86. The highest BCUT2D eigenvalue weighted by atomic mass is 14.7. The number of unbranched alkanes of at least 4 members (excludes halogenated alkanes) is 7. The molecule has 1 aromatic rings. The Morgan fingerprint density at radius 1 is 1.00 bits per heavy atom. The van der Waals surface area contributed by atoms with E-state index >= 15 is 0 Å². The van der Waals surface area contributed by atoms with Gasteiger partial charge in [0, 0.05) is 11.9 Å². The van der Waals surface area contributed by atoms with Crippen LogP contribution < -0.4 is 0 Å². The molecule has 1 aromatic heterocycles. The number of allylic oxidation sites excluding steroid dienone is 1. The molecule has 90 valence electrons. The van der Waals surface area contributed by atoms with Gasteiger partial charge in [-0.3, -0.25) is 0 Å². The molecule has 0 fully saturated rings. The fraction of sp³-hybridized carbons (Fsp3) is 0.600. The fourth-order valence-electron chi connectivity index (χ4n) is 2.01. The monoisotopic (exact) mass is 219 g/mol. The highest BCUT2D eigenvalue weighted by Crippen LogP contribution is 2.10. The zero-order chi connectivity index (χ0) is 11.5. The number of aryl methyl sites for hydroxylation is 1. The zero-order valence-electron chi connectivity index (χ0n) is 10.4. The number of hydrogen-bond acceptors (Lipinski definition) is 0. The summed E-state index contributed by atoms with van der Waals surface area (Å²) in [5.41, 5.74) is 1.38. The van der Waals surface area contributed by atoms with Crippen LogP contribution in [0.25, 0.3) is 0 Å². The van der Waals surface area contributed by atoms with Crippen molar-refractivity contribution < 1.29 is 0 Å². The Morgan fingerprint density at radius 2 is 1.69 bits per heavy atom. The number of rotatable bonds is 10. The first-order chi connectivity index (χ1) is 7.93. The maximum absolute atomic E-state index is 3.74. The SMILES string of the molecule is C=CCCCCCCCCCc1ccc[nH]1. The number of nitrogens with one attached hydrogen (secondary N) is 1. The van der Waals surface area contributed by atoms with Gasteiger partial charge in [0.15, 0.2) is 0 Å². The fourth-order valence-corrected chi connectivity index (χ4v) is 2.01. The van der Waals surface area contributed by atoms with E-state index in [2.05, 4.69) is 23.7 Å². The normalized spacial score (nSPS) is 10.5. The summed E-state index contributed by atoms with van der Waals surface area (Å²) in [5, 5.41) is 0. The van der Waals surface area contributed by atoms with Crippen LogP contribution in [0.5, 0.6) is 0 Å². The summed E-state index contributed by atoms with van der Waals surface area (Å²) in [5.74, 6) is 0. The number of H-pyrrole nitrogens is 1. The van der Waals surface area contributed by atoms with Gasteiger partial charge in [-0.15, -0.1) is 6.58 Å². The van der Waals surface area contributed by atoms with Crippen LogP contribution in [0, 0.1) is 0 Å². The number of aromatic amines is 1. The molecule has 0 saturated carbocycles. The molecule has 1 heteroatoms. The lowest BCUT2D eigenvalue weighted by atomic mass is 10.1. The first kappa shape index (κ1) is 13.1. The van der Waals surface area contributed by atoms with Gasteiger partial charge in [0.05, 0.1) is 0 Å². The Kier molecular flexibility index (Phi) is 7.57. The standard InChI is InChI=1S/C15H25N/c1-2-3-4-5-6-7-8-9-10-12-15-13-11-14-16-15/h2,11,13-14,16H,1,3-10,12H2. The van der Waals surface area contributed by atoms with E-state index < -0.39 is 0 Å². The molecule has 1 rings (SSSR count). The molecule has 1 nitrogen and oxygen atoms in total. The van der Waals surface area contributed by atoms with Crippen LogP contribution in [-0.2, 0) is 6.42 Å². The number of aromatic nitrogens is 1. The molecule has 0 aromatic carbocycles. The molecule has 16 heavy (non-hydrogen) atoms. The summed E-state index contributed by atoms with van der Waals surface area (Å²) < 4.78 is 0. The van der Waals surface area contributed by atoms with E-state index in [1.165, 1.54) is 63.5 Å². The van der Waals surface area contributed by atoms with E-state index in [-0.39, 0.29) is 0 Å². The van der Waals surface area contributed by atoms with Gasteiger partial charge in [-0.05, 0) is 37.8 Å². The molecule has 1 heterocycles. The highest BCUT2D eigenvalue weighted by molar-refractivity contribution is 5.03. The van der Waals surface area contributed by atoms with Gasteiger partial charge in [-0.2, -0.15) is 0 Å². The average molecular weight is 219 g/mol. The molecule has 0 saturated heterocycles. The van der Waals surface area contributed by atoms with E-state index in [4.69, 9.17) is 0 Å². The average Bonchev–Trinajstić information content (AvgIpc) is 2.80. The maximum Gasteiger partial charge on any atom is 0.0147 e. The van der Waals surface area contributed by atoms with E-state index in [0.29, 0.717) is 0 Å². The minimum absolute atomic E-state index is 1.19. The van der Waals surface area contributed by atoms with Crippen LogP contribution in [0.1, 0.15) is 57.1 Å². The Labute approximate surface area is 100.0 Å². The molecule has 0 aliphatic rings. The minimum Gasteiger partial charge on any atom is -0.365 e. The molecule has 0 aliphatic heterocycles. The molecule has 1 N–H and O–H groups in total. The molecule has 0 amide bonds. The molecular weight excluding hydrogens is 194 g/mol. The van der Waals surface area contributed by atoms with Crippen LogP contribution in [0.15, 0.2) is 31.0 Å². The third kappa shape index (κ3) is 6.49. The minimum atomic E-state index is 1.19. The molecular formula is C15H25N. The summed E-state index contributed by atoms with van der Waals surface area (Å²) in [6.07, 6.45) is 16.0. The van der Waals surface area contributed by atoms with Crippen LogP contribution >= 0.6 is 0 Å². The van der Waals surface area contributed by atoms with Crippen molar-refractivity contribution in [3.63, 3.8) is 0 Å². The van der Waals surface area contributed by atoms with Gasteiger partial charge in [-0.1, -0.05) is 38.2 Å². The maximum atomic E-state index is 3.74. The van der Waals surface area contributed by atoms with Crippen molar-refractivity contribution >= 4 is 0 Å². The van der Waals surface area contributed by atoms with Crippen molar-refractivity contribution in [2.75, 3.05) is 0 Å². The summed E-state index contributed by atoms with van der Waals surface area (Å²) >= 11 is 0. The van der Waals surface area contributed by atoms with E-state index in [1.54, 1.807) is 0 Å². The molecule has 0 spiro atoms. The van der Waals surface area contributed by atoms with Crippen molar-refractivity contribution in [1.82, 2.24) is 4.98 Å². The second-order valence-corrected chi connectivity index (χ2v) is 4.50. The Balaban J connectivity index is 1.80. The lowest BCUT2D eigenvalue weighted by Gasteiger charge is -2.01. The number of hydrogen-bond donors (Lipinski definition) is 1. The van der Waals surface area contributed by atoms with Crippen LogP contribution in [0.3, 0.4) is 0 Å². The molecule has 0 aliphatic carbocycles. The quantitative estimate of drug-likeness (QED) is 0.427. The van der Waals surface area contributed by atoms with Crippen molar-refractivity contribution in [2.24, 2.45) is 0 Å². The molecule has 0 radical (unpaired) electrons. The summed E-state index contributed by atoms with van der Waals surface area (Å²) in [6.45, 7) is 3.74. The Morgan fingerprint density at radius 3 is 2.31 bits per heavy atom. The van der Waals surface area contributed by atoms with E-state index in [9.17, 15) is 0 Å². The van der Waals surface area contributed by atoms with Crippen LogP contribution in [0.2, 0.25) is 0 Å². The predicted molar refractivity (Wildman–Crippen MR) is 71.6 cm³/mol. The van der Waals surface area contributed by atoms with Gasteiger partial charge >= 0.3 is 0 Å². The highest BCUT2D eigenvalue weighted by Gasteiger charge is 1.94.